The number of hydrogen-bond donors (Lipinski definition) is 1. The first-order valence-corrected chi connectivity index (χ1v) is 9.30. The van der Waals surface area contributed by atoms with Crippen molar-refractivity contribution in [3.63, 3.8) is 0 Å². The summed E-state index contributed by atoms with van der Waals surface area (Å²) in [5.41, 5.74) is 5.17. The van der Waals surface area contributed by atoms with Crippen LogP contribution in [0.25, 0.3) is 0 Å². The Kier molecular flexibility index (Phi) is 6.34. The number of benzene rings is 3. The second-order valence-electron chi connectivity index (χ2n) is 5.95. The Bertz CT molecular complexity index is 1030. The molecule has 0 heterocycles. The molecule has 0 aliphatic rings. The molecule has 1 N–H and O–H groups in total. The van der Waals surface area contributed by atoms with Gasteiger partial charge in [0.2, 0.25) is 0 Å². The van der Waals surface area contributed by atoms with Crippen LogP contribution in [0.15, 0.2) is 82.4 Å². The number of carbonyl (C=O) groups excluding carboxylic acids is 2. The SMILES string of the molecule is Cc1ccccc1C(=O)N/N=C/c1ccc(OC(=O)c2ccccc2Br)cc1. The average molecular weight is 437 g/mol. The molecule has 0 saturated carbocycles. The van der Waals surface area contributed by atoms with E-state index in [1.165, 1.54) is 6.21 Å². The van der Waals surface area contributed by atoms with Crippen molar-refractivity contribution in [1.29, 1.82) is 0 Å². The van der Waals surface area contributed by atoms with Gasteiger partial charge in [-0.05, 0) is 76.4 Å². The molecule has 0 aliphatic heterocycles. The number of rotatable bonds is 5. The predicted molar refractivity (Wildman–Crippen MR) is 112 cm³/mol. The number of nitrogens with one attached hydrogen (secondary N) is 1. The topological polar surface area (TPSA) is 67.8 Å². The third-order valence-corrected chi connectivity index (χ3v) is 4.65. The van der Waals surface area contributed by atoms with Crippen molar-refractivity contribution in [3.8, 4) is 5.75 Å². The Labute approximate surface area is 171 Å². The molecule has 3 aromatic carbocycles. The number of ether oxygens (including phenoxy) is 1. The van der Waals surface area contributed by atoms with Gasteiger partial charge in [-0.3, -0.25) is 4.79 Å². The number of carbonyl (C=O) groups is 2. The van der Waals surface area contributed by atoms with Gasteiger partial charge in [0.1, 0.15) is 5.75 Å². The summed E-state index contributed by atoms with van der Waals surface area (Å²) in [4.78, 5) is 24.3. The van der Waals surface area contributed by atoms with Gasteiger partial charge in [-0.15, -0.1) is 0 Å². The molecular formula is C22H17BrN2O3. The minimum absolute atomic E-state index is 0.270. The van der Waals surface area contributed by atoms with Crippen LogP contribution < -0.4 is 10.2 Å². The number of nitrogens with zero attached hydrogens (tertiary/aromatic N) is 1. The normalized spacial score (nSPS) is 10.6. The predicted octanol–water partition coefficient (Wildman–Crippen LogP) is 4.74. The second kappa shape index (κ2) is 9.10. The zero-order chi connectivity index (χ0) is 19.9. The minimum Gasteiger partial charge on any atom is -0.423 e. The van der Waals surface area contributed by atoms with Crippen LogP contribution in [0.3, 0.4) is 0 Å². The number of esters is 1. The third kappa shape index (κ3) is 4.92. The quantitative estimate of drug-likeness (QED) is 0.271. The number of amides is 1. The van der Waals surface area contributed by atoms with Crippen molar-refractivity contribution < 1.29 is 14.3 Å². The van der Waals surface area contributed by atoms with E-state index in [9.17, 15) is 9.59 Å². The molecule has 140 valence electrons. The molecule has 0 unspecified atom stereocenters. The van der Waals surface area contributed by atoms with Crippen LogP contribution in [-0.4, -0.2) is 18.1 Å². The summed E-state index contributed by atoms with van der Waals surface area (Å²) in [6.07, 6.45) is 1.52. The molecule has 0 radical (unpaired) electrons. The Balaban J connectivity index is 1.59. The summed E-state index contributed by atoms with van der Waals surface area (Å²) >= 11 is 3.33. The molecule has 0 atom stereocenters. The minimum atomic E-state index is -0.445. The van der Waals surface area contributed by atoms with E-state index in [0.29, 0.717) is 21.3 Å². The lowest BCUT2D eigenvalue weighted by Crippen LogP contribution is -2.18. The van der Waals surface area contributed by atoms with Gasteiger partial charge in [0.15, 0.2) is 0 Å². The number of hydrogen-bond acceptors (Lipinski definition) is 4. The highest BCUT2D eigenvalue weighted by atomic mass is 79.9. The molecule has 0 aromatic heterocycles. The van der Waals surface area contributed by atoms with Crippen molar-refractivity contribution in [2.75, 3.05) is 0 Å². The van der Waals surface area contributed by atoms with Crippen LogP contribution in [0.2, 0.25) is 0 Å². The van der Waals surface area contributed by atoms with E-state index < -0.39 is 5.97 Å². The van der Waals surface area contributed by atoms with Gasteiger partial charge in [0.25, 0.3) is 5.91 Å². The van der Waals surface area contributed by atoms with Gasteiger partial charge < -0.3 is 4.74 Å². The molecule has 0 bridgehead atoms. The third-order valence-electron chi connectivity index (χ3n) is 3.95. The molecule has 3 rings (SSSR count). The fraction of sp³-hybridized carbons (Fsp3) is 0.0455. The Morgan fingerprint density at radius 3 is 2.25 bits per heavy atom. The van der Waals surface area contributed by atoms with Crippen LogP contribution in [0, 0.1) is 6.92 Å². The van der Waals surface area contributed by atoms with Gasteiger partial charge in [0.05, 0.1) is 11.8 Å². The maximum atomic E-state index is 12.2. The summed E-state index contributed by atoms with van der Waals surface area (Å²) in [5.74, 6) is -0.297. The van der Waals surface area contributed by atoms with E-state index in [1.807, 2.05) is 25.1 Å². The average Bonchev–Trinajstić information content (AvgIpc) is 2.70. The van der Waals surface area contributed by atoms with Crippen molar-refractivity contribution in [2.45, 2.75) is 6.92 Å². The zero-order valence-electron chi connectivity index (χ0n) is 15.1. The van der Waals surface area contributed by atoms with E-state index in [1.54, 1.807) is 54.6 Å². The fourth-order valence-electron chi connectivity index (χ4n) is 2.46. The molecule has 0 saturated heterocycles. The highest BCUT2D eigenvalue weighted by Gasteiger charge is 2.11. The molecule has 0 spiro atoms. The Morgan fingerprint density at radius 1 is 0.929 bits per heavy atom. The maximum absolute atomic E-state index is 12.2. The lowest BCUT2D eigenvalue weighted by molar-refractivity contribution is 0.0733. The monoisotopic (exact) mass is 436 g/mol. The summed E-state index contributed by atoms with van der Waals surface area (Å²) < 4.78 is 6.04. The molecular weight excluding hydrogens is 420 g/mol. The van der Waals surface area contributed by atoms with Crippen molar-refractivity contribution in [1.82, 2.24) is 5.43 Å². The van der Waals surface area contributed by atoms with Crippen LogP contribution in [0.1, 0.15) is 31.8 Å². The number of halogens is 1. The second-order valence-corrected chi connectivity index (χ2v) is 6.81. The van der Waals surface area contributed by atoms with Gasteiger partial charge in [-0.1, -0.05) is 30.3 Å². The van der Waals surface area contributed by atoms with Crippen molar-refractivity contribution >= 4 is 34.0 Å². The van der Waals surface area contributed by atoms with Crippen molar-refractivity contribution in [2.24, 2.45) is 5.10 Å². The summed E-state index contributed by atoms with van der Waals surface area (Å²) in [6.45, 7) is 1.87. The first-order valence-electron chi connectivity index (χ1n) is 8.50. The molecule has 0 aliphatic carbocycles. The van der Waals surface area contributed by atoms with Gasteiger partial charge >= 0.3 is 5.97 Å². The van der Waals surface area contributed by atoms with Gasteiger partial charge in [0, 0.05) is 10.0 Å². The van der Waals surface area contributed by atoms with Crippen LogP contribution in [-0.2, 0) is 0 Å². The molecule has 1 amide bonds. The first-order chi connectivity index (χ1) is 13.5. The van der Waals surface area contributed by atoms with Gasteiger partial charge in [-0.25, -0.2) is 10.2 Å². The lowest BCUT2D eigenvalue weighted by Gasteiger charge is -2.06. The van der Waals surface area contributed by atoms with Crippen LogP contribution in [0.5, 0.6) is 5.75 Å². The van der Waals surface area contributed by atoms with E-state index in [-0.39, 0.29) is 5.91 Å². The molecule has 6 heteroatoms. The largest absolute Gasteiger partial charge is 0.423 e. The highest BCUT2D eigenvalue weighted by molar-refractivity contribution is 9.10. The number of hydrazone groups is 1. The molecule has 3 aromatic rings. The van der Waals surface area contributed by atoms with E-state index in [2.05, 4.69) is 26.5 Å². The van der Waals surface area contributed by atoms with E-state index >= 15 is 0 Å². The fourth-order valence-corrected chi connectivity index (χ4v) is 2.91. The summed E-state index contributed by atoms with van der Waals surface area (Å²) in [5, 5.41) is 3.97. The van der Waals surface area contributed by atoms with Crippen molar-refractivity contribution in [3.05, 3.63) is 99.5 Å². The Morgan fingerprint density at radius 2 is 1.57 bits per heavy atom. The zero-order valence-corrected chi connectivity index (χ0v) is 16.6. The van der Waals surface area contributed by atoms with Gasteiger partial charge in [-0.2, -0.15) is 5.10 Å². The van der Waals surface area contributed by atoms with Crippen LogP contribution in [0.4, 0.5) is 0 Å². The Hall–Kier alpha value is -3.25. The summed E-state index contributed by atoms with van der Waals surface area (Å²) in [7, 11) is 0. The number of aryl methyl sites for hydroxylation is 1. The first kappa shape index (κ1) is 19.5. The standard InChI is InChI=1S/C22H17BrN2O3/c1-15-6-2-3-7-18(15)21(26)25-24-14-16-10-12-17(13-11-16)28-22(27)19-8-4-5-9-20(19)23/h2-14H,1H3,(H,25,26)/b24-14+. The molecule has 5 nitrogen and oxygen atoms in total. The maximum Gasteiger partial charge on any atom is 0.344 e. The smallest absolute Gasteiger partial charge is 0.344 e. The van der Waals surface area contributed by atoms with E-state index in [4.69, 9.17) is 4.74 Å². The molecule has 0 fully saturated rings. The lowest BCUT2D eigenvalue weighted by atomic mass is 10.1. The summed E-state index contributed by atoms with van der Waals surface area (Å²) in [6, 6.07) is 21.2. The molecule has 28 heavy (non-hydrogen) atoms. The highest BCUT2D eigenvalue weighted by Crippen LogP contribution is 2.19. The van der Waals surface area contributed by atoms with E-state index in [0.717, 1.165) is 11.1 Å². The van der Waals surface area contributed by atoms with Crippen LogP contribution >= 0.6 is 15.9 Å².